The number of rotatable bonds is 4. The fourth-order valence-corrected chi connectivity index (χ4v) is 3.62. The summed E-state index contributed by atoms with van der Waals surface area (Å²) in [4.78, 5) is 4.44. The van der Waals surface area contributed by atoms with Gasteiger partial charge in [-0.25, -0.2) is 4.98 Å². The summed E-state index contributed by atoms with van der Waals surface area (Å²) < 4.78 is 52.2. The Morgan fingerprint density at radius 2 is 1.72 bits per heavy atom. The minimum Gasteiger partial charge on any atom is -0.497 e. The van der Waals surface area contributed by atoms with E-state index in [1.165, 1.54) is 6.07 Å². The summed E-state index contributed by atoms with van der Waals surface area (Å²) in [6.07, 6.45) is -4.43. The highest BCUT2D eigenvalue weighted by molar-refractivity contribution is 5.94. The van der Waals surface area contributed by atoms with Gasteiger partial charge >= 0.3 is 6.18 Å². The van der Waals surface area contributed by atoms with Gasteiger partial charge in [0, 0.05) is 18.5 Å². The number of ether oxygens (including phenoxy) is 2. The predicted molar refractivity (Wildman–Crippen MR) is 114 cm³/mol. The molecule has 5 rings (SSSR count). The standard InChI is InChI=1S/C23H17F3N4O2/c1-30-20-9-6-13(23(24,25)26)10-19(20)27-22(30)21-17-12-16(7-8-18(17)28-29-21)32-15-5-3-4-14(11-15)31-2/h3-12H,1-2H3,(H,28,29). The highest BCUT2D eigenvalue weighted by Gasteiger charge is 2.31. The van der Waals surface area contributed by atoms with Crippen molar-refractivity contribution in [3.63, 3.8) is 0 Å². The van der Waals surface area contributed by atoms with Crippen molar-refractivity contribution in [2.45, 2.75) is 6.18 Å². The van der Waals surface area contributed by atoms with Gasteiger partial charge in [0.25, 0.3) is 0 Å². The van der Waals surface area contributed by atoms with E-state index in [2.05, 4.69) is 15.2 Å². The Morgan fingerprint density at radius 1 is 0.938 bits per heavy atom. The van der Waals surface area contributed by atoms with Crippen LogP contribution in [0.15, 0.2) is 60.7 Å². The molecule has 0 fully saturated rings. The number of aromatic amines is 1. The molecule has 3 aromatic carbocycles. The summed E-state index contributed by atoms with van der Waals surface area (Å²) >= 11 is 0. The number of methoxy groups -OCH3 is 1. The monoisotopic (exact) mass is 438 g/mol. The number of H-pyrrole nitrogens is 1. The first-order valence-electron chi connectivity index (χ1n) is 9.67. The second-order valence-electron chi connectivity index (χ2n) is 7.26. The van der Waals surface area contributed by atoms with Crippen molar-refractivity contribution in [1.29, 1.82) is 0 Å². The zero-order valence-corrected chi connectivity index (χ0v) is 17.1. The van der Waals surface area contributed by atoms with Crippen LogP contribution in [-0.2, 0) is 13.2 Å². The molecule has 0 aliphatic rings. The van der Waals surface area contributed by atoms with Gasteiger partial charge in [0.05, 0.1) is 29.2 Å². The Kier molecular flexibility index (Phi) is 4.54. The van der Waals surface area contributed by atoms with Gasteiger partial charge in [-0.2, -0.15) is 18.3 Å². The van der Waals surface area contributed by atoms with Crippen molar-refractivity contribution < 1.29 is 22.6 Å². The minimum atomic E-state index is -4.43. The first-order valence-corrected chi connectivity index (χ1v) is 9.67. The lowest BCUT2D eigenvalue weighted by Crippen LogP contribution is -2.04. The average Bonchev–Trinajstić information content (AvgIpc) is 3.33. The van der Waals surface area contributed by atoms with Crippen LogP contribution >= 0.6 is 0 Å². The van der Waals surface area contributed by atoms with E-state index < -0.39 is 11.7 Å². The quantitative estimate of drug-likeness (QED) is 0.377. The van der Waals surface area contributed by atoms with Gasteiger partial charge < -0.3 is 14.0 Å². The number of benzene rings is 3. The van der Waals surface area contributed by atoms with Crippen molar-refractivity contribution in [3.8, 4) is 28.8 Å². The van der Waals surface area contributed by atoms with Crippen LogP contribution in [0.5, 0.6) is 17.2 Å². The molecule has 5 aromatic rings. The number of hydrogen-bond donors (Lipinski definition) is 1. The van der Waals surface area contributed by atoms with Gasteiger partial charge in [-0.15, -0.1) is 0 Å². The van der Waals surface area contributed by atoms with Crippen LogP contribution in [0.3, 0.4) is 0 Å². The number of fused-ring (bicyclic) bond motifs is 2. The van der Waals surface area contributed by atoms with E-state index in [9.17, 15) is 13.2 Å². The van der Waals surface area contributed by atoms with Crippen molar-refractivity contribution in [2.24, 2.45) is 7.05 Å². The molecule has 0 spiro atoms. The molecule has 0 aliphatic heterocycles. The maximum Gasteiger partial charge on any atom is 0.416 e. The van der Waals surface area contributed by atoms with Gasteiger partial charge in [-0.05, 0) is 48.5 Å². The van der Waals surface area contributed by atoms with Gasteiger partial charge in [0.2, 0.25) is 0 Å². The second kappa shape index (κ2) is 7.30. The number of nitrogens with zero attached hydrogens (tertiary/aromatic N) is 3. The molecule has 0 atom stereocenters. The van der Waals surface area contributed by atoms with Crippen LogP contribution in [0.4, 0.5) is 13.2 Å². The topological polar surface area (TPSA) is 65.0 Å². The Balaban J connectivity index is 1.57. The Bertz CT molecular complexity index is 1450. The van der Waals surface area contributed by atoms with Crippen LogP contribution in [0, 0.1) is 0 Å². The molecular formula is C23H17F3N4O2. The van der Waals surface area contributed by atoms with E-state index in [0.29, 0.717) is 34.3 Å². The number of aromatic nitrogens is 4. The van der Waals surface area contributed by atoms with Crippen molar-refractivity contribution in [2.75, 3.05) is 7.11 Å². The smallest absolute Gasteiger partial charge is 0.416 e. The van der Waals surface area contributed by atoms with Crippen LogP contribution in [-0.4, -0.2) is 26.9 Å². The van der Waals surface area contributed by atoms with Gasteiger partial charge in [0.15, 0.2) is 5.82 Å². The molecule has 1 N–H and O–H groups in total. The molecule has 0 saturated carbocycles. The molecule has 0 saturated heterocycles. The zero-order chi connectivity index (χ0) is 22.5. The van der Waals surface area contributed by atoms with E-state index in [4.69, 9.17) is 9.47 Å². The number of halogens is 3. The third kappa shape index (κ3) is 3.41. The number of aryl methyl sites for hydroxylation is 1. The molecule has 32 heavy (non-hydrogen) atoms. The largest absolute Gasteiger partial charge is 0.497 e. The summed E-state index contributed by atoms with van der Waals surface area (Å²) in [6.45, 7) is 0. The van der Waals surface area contributed by atoms with Crippen molar-refractivity contribution in [1.82, 2.24) is 19.7 Å². The van der Waals surface area contributed by atoms with Crippen molar-refractivity contribution in [3.05, 3.63) is 66.2 Å². The fourth-order valence-electron chi connectivity index (χ4n) is 3.62. The molecule has 2 aromatic heterocycles. The van der Waals surface area contributed by atoms with Crippen LogP contribution in [0.2, 0.25) is 0 Å². The Morgan fingerprint density at radius 3 is 2.50 bits per heavy atom. The van der Waals surface area contributed by atoms with E-state index in [-0.39, 0.29) is 5.52 Å². The predicted octanol–water partition coefficient (Wildman–Crippen LogP) is 5.94. The van der Waals surface area contributed by atoms with Crippen LogP contribution in [0.1, 0.15) is 5.56 Å². The Hall–Kier alpha value is -4.01. The molecule has 0 radical (unpaired) electrons. The van der Waals surface area contributed by atoms with Crippen molar-refractivity contribution >= 4 is 21.9 Å². The van der Waals surface area contributed by atoms with Crippen LogP contribution in [0.25, 0.3) is 33.5 Å². The zero-order valence-electron chi connectivity index (χ0n) is 17.1. The number of imidazole rings is 1. The lowest BCUT2D eigenvalue weighted by atomic mass is 10.2. The fraction of sp³-hybridized carbons (Fsp3) is 0.130. The third-order valence-electron chi connectivity index (χ3n) is 5.23. The average molecular weight is 438 g/mol. The summed E-state index contributed by atoms with van der Waals surface area (Å²) in [5, 5.41) is 8.04. The lowest BCUT2D eigenvalue weighted by Gasteiger charge is -2.07. The summed E-state index contributed by atoms with van der Waals surface area (Å²) in [6, 6.07) is 16.2. The molecule has 0 unspecified atom stereocenters. The van der Waals surface area contributed by atoms with Gasteiger partial charge in [-0.3, -0.25) is 5.10 Å². The molecule has 162 valence electrons. The third-order valence-corrected chi connectivity index (χ3v) is 5.23. The molecule has 6 nitrogen and oxygen atoms in total. The van der Waals surface area contributed by atoms with E-state index in [0.717, 1.165) is 23.0 Å². The first kappa shape index (κ1) is 19.9. The van der Waals surface area contributed by atoms with E-state index >= 15 is 0 Å². The van der Waals surface area contributed by atoms with E-state index in [1.807, 2.05) is 30.3 Å². The SMILES string of the molecule is COc1cccc(Oc2ccc3[nH]nc(-c4nc5cc(C(F)(F)F)ccc5n4C)c3c2)c1. The van der Waals surface area contributed by atoms with Gasteiger partial charge in [0.1, 0.15) is 22.9 Å². The molecular weight excluding hydrogens is 421 g/mol. The summed E-state index contributed by atoms with van der Waals surface area (Å²) in [7, 11) is 3.33. The molecule has 0 amide bonds. The first-order chi connectivity index (χ1) is 15.3. The van der Waals surface area contributed by atoms with E-state index in [1.54, 1.807) is 30.9 Å². The molecule has 2 heterocycles. The number of nitrogens with one attached hydrogen (secondary N) is 1. The Labute approximate surface area is 180 Å². The van der Waals surface area contributed by atoms with Crippen LogP contribution < -0.4 is 9.47 Å². The maximum absolute atomic E-state index is 13.1. The summed E-state index contributed by atoms with van der Waals surface area (Å²) in [5.74, 6) is 2.30. The normalized spacial score (nSPS) is 11.9. The number of hydrogen-bond acceptors (Lipinski definition) is 4. The molecule has 0 bridgehead atoms. The molecule has 9 heteroatoms. The lowest BCUT2D eigenvalue weighted by molar-refractivity contribution is -0.137. The number of alkyl halides is 3. The summed E-state index contributed by atoms with van der Waals surface area (Å²) in [5.41, 5.74) is 1.35. The minimum absolute atomic E-state index is 0.247. The highest BCUT2D eigenvalue weighted by Crippen LogP contribution is 2.35. The van der Waals surface area contributed by atoms with Gasteiger partial charge in [-0.1, -0.05) is 6.07 Å². The maximum atomic E-state index is 13.1. The second-order valence-corrected chi connectivity index (χ2v) is 7.26. The molecule has 0 aliphatic carbocycles. The highest BCUT2D eigenvalue weighted by atomic mass is 19.4.